The van der Waals surface area contributed by atoms with Crippen LogP contribution in [0.2, 0.25) is 5.02 Å². The van der Waals surface area contributed by atoms with Crippen molar-refractivity contribution in [3.05, 3.63) is 34.3 Å². The molecule has 1 heterocycles. The molecule has 3 heteroatoms. The summed E-state index contributed by atoms with van der Waals surface area (Å²) in [6.07, 6.45) is 4.04. The van der Waals surface area contributed by atoms with Gasteiger partial charge in [-0.25, -0.2) is 0 Å². The second-order valence-corrected chi connectivity index (χ2v) is 6.01. The first kappa shape index (κ1) is 14.5. The minimum absolute atomic E-state index is 0.231. The Kier molecular flexibility index (Phi) is 4.64. The smallest absolute Gasteiger partial charge is 0.170 e. The van der Waals surface area contributed by atoms with Gasteiger partial charge in [-0.2, -0.15) is 0 Å². The molecule has 104 valence electrons. The molecule has 1 aliphatic rings. The third-order valence-corrected chi connectivity index (χ3v) is 4.52. The van der Waals surface area contributed by atoms with Crippen LogP contribution < -0.4 is 5.32 Å². The number of benzene rings is 1. The van der Waals surface area contributed by atoms with E-state index < -0.39 is 0 Å². The first-order chi connectivity index (χ1) is 9.09. The molecule has 19 heavy (non-hydrogen) atoms. The average Bonchev–Trinajstić information content (AvgIpc) is 2.42. The molecule has 1 saturated heterocycles. The fourth-order valence-corrected chi connectivity index (χ4v) is 3.19. The van der Waals surface area contributed by atoms with E-state index in [1.54, 1.807) is 0 Å². The maximum atomic E-state index is 12.9. The van der Waals surface area contributed by atoms with Crippen LogP contribution >= 0.6 is 11.6 Å². The normalized spacial score (nSPS) is 23.3. The Morgan fingerprint density at radius 1 is 1.47 bits per heavy atom. The Morgan fingerprint density at radius 3 is 2.84 bits per heavy atom. The molecule has 1 unspecified atom stereocenters. The van der Waals surface area contributed by atoms with Gasteiger partial charge in [-0.3, -0.25) is 4.79 Å². The Hall–Kier alpha value is -0.860. The number of piperidine rings is 1. The number of carbonyl (C=O) groups is 1. The largest absolute Gasteiger partial charge is 0.316 e. The highest BCUT2D eigenvalue weighted by molar-refractivity contribution is 6.31. The van der Waals surface area contributed by atoms with E-state index in [1.807, 2.05) is 25.1 Å². The van der Waals surface area contributed by atoms with Gasteiger partial charge in [0.15, 0.2) is 5.78 Å². The lowest BCUT2D eigenvalue weighted by Crippen LogP contribution is -2.45. The molecule has 0 radical (unpaired) electrons. The van der Waals surface area contributed by atoms with Gasteiger partial charge < -0.3 is 5.32 Å². The van der Waals surface area contributed by atoms with Crippen LogP contribution in [-0.2, 0) is 0 Å². The van der Waals surface area contributed by atoms with Gasteiger partial charge in [0.25, 0.3) is 0 Å². The summed E-state index contributed by atoms with van der Waals surface area (Å²) in [5.74, 6) is 0.253. The predicted octanol–water partition coefficient (Wildman–Crippen LogP) is 4.00. The van der Waals surface area contributed by atoms with E-state index in [0.29, 0.717) is 5.02 Å². The third kappa shape index (κ3) is 3.01. The zero-order valence-electron chi connectivity index (χ0n) is 11.8. The van der Waals surface area contributed by atoms with E-state index in [9.17, 15) is 4.79 Å². The second-order valence-electron chi connectivity index (χ2n) is 5.60. The molecule has 0 saturated carbocycles. The number of halogens is 1. The molecule has 1 fully saturated rings. The van der Waals surface area contributed by atoms with Crippen LogP contribution in [0.4, 0.5) is 0 Å². The lowest BCUT2D eigenvalue weighted by molar-refractivity contribution is 0.0718. The van der Waals surface area contributed by atoms with Crippen molar-refractivity contribution in [1.82, 2.24) is 5.32 Å². The van der Waals surface area contributed by atoms with Crippen LogP contribution in [0.1, 0.15) is 48.5 Å². The first-order valence-electron chi connectivity index (χ1n) is 7.11. The van der Waals surface area contributed by atoms with Crippen molar-refractivity contribution in [3.8, 4) is 0 Å². The van der Waals surface area contributed by atoms with Crippen molar-refractivity contribution in [3.63, 3.8) is 0 Å². The van der Waals surface area contributed by atoms with Gasteiger partial charge in [-0.15, -0.1) is 0 Å². The maximum Gasteiger partial charge on any atom is 0.170 e. The van der Waals surface area contributed by atoms with Gasteiger partial charge in [-0.05, 0) is 44.4 Å². The summed E-state index contributed by atoms with van der Waals surface area (Å²) < 4.78 is 0. The van der Waals surface area contributed by atoms with Crippen LogP contribution in [0, 0.1) is 12.3 Å². The molecule has 2 nitrogen and oxygen atoms in total. The topological polar surface area (TPSA) is 29.1 Å². The summed E-state index contributed by atoms with van der Waals surface area (Å²) in [6, 6.07) is 5.67. The summed E-state index contributed by atoms with van der Waals surface area (Å²) in [5.41, 5.74) is 1.54. The SMILES string of the molecule is CCCC1(C(=O)c2ccc(C)c(Cl)c2)CCCNC1. The Bertz CT molecular complexity index is 458. The lowest BCUT2D eigenvalue weighted by atomic mass is 9.71. The summed E-state index contributed by atoms with van der Waals surface area (Å²) in [5, 5.41) is 4.07. The van der Waals surface area contributed by atoms with Crippen LogP contribution in [0.15, 0.2) is 18.2 Å². The van der Waals surface area contributed by atoms with Crippen molar-refractivity contribution < 1.29 is 4.79 Å². The number of nitrogens with one attached hydrogen (secondary N) is 1. The molecule has 1 atom stereocenters. The molecule has 1 aromatic carbocycles. The van der Waals surface area contributed by atoms with Crippen molar-refractivity contribution in [2.24, 2.45) is 5.41 Å². The molecule has 0 bridgehead atoms. The molecule has 0 amide bonds. The van der Waals surface area contributed by atoms with E-state index in [4.69, 9.17) is 11.6 Å². The molecule has 1 aromatic rings. The average molecular weight is 280 g/mol. The minimum Gasteiger partial charge on any atom is -0.316 e. The highest BCUT2D eigenvalue weighted by Gasteiger charge is 2.38. The van der Waals surface area contributed by atoms with Crippen molar-refractivity contribution in [1.29, 1.82) is 0 Å². The zero-order chi connectivity index (χ0) is 13.9. The molecule has 1 N–H and O–H groups in total. The molecule has 0 spiro atoms. The standard InChI is InChI=1S/C16H22ClNO/c1-3-7-16(8-4-9-18-11-16)15(19)13-6-5-12(2)14(17)10-13/h5-6,10,18H,3-4,7-9,11H2,1-2H3. The van der Waals surface area contributed by atoms with Crippen molar-refractivity contribution >= 4 is 17.4 Å². The van der Waals surface area contributed by atoms with Gasteiger partial charge in [0.2, 0.25) is 0 Å². The second kappa shape index (κ2) is 6.06. The van der Waals surface area contributed by atoms with Gasteiger partial charge >= 0.3 is 0 Å². The highest BCUT2D eigenvalue weighted by Crippen LogP contribution is 2.36. The first-order valence-corrected chi connectivity index (χ1v) is 7.48. The molecule has 0 aliphatic carbocycles. The number of Topliss-reactive ketones (excluding diaryl/α,β-unsaturated/α-hetero) is 1. The maximum absolute atomic E-state index is 12.9. The highest BCUT2D eigenvalue weighted by atomic mass is 35.5. The number of aryl methyl sites for hydroxylation is 1. The Balaban J connectivity index is 2.30. The zero-order valence-corrected chi connectivity index (χ0v) is 12.5. The van der Waals surface area contributed by atoms with E-state index in [-0.39, 0.29) is 11.2 Å². The van der Waals surface area contributed by atoms with E-state index in [1.165, 1.54) is 0 Å². The van der Waals surface area contributed by atoms with Crippen LogP contribution in [0.5, 0.6) is 0 Å². The summed E-state index contributed by atoms with van der Waals surface area (Å²) >= 11 is 6.15. The molecule has 1 aliphatic heterocycles. The molecular weight excluding hydrogens is 258 g/mol. The fourth-order valence-electron chi connectivity index (χ4n) is 3.01. The number of ketones is 1. The minimum atomic E-state index is -0.231. The molecule has 2 rings (SSSR count). The summed E-state index contributed by atoms with van der Waals surface area (Å²) in [7, 11) is 0. The fraction of sp³-hybridized carbons (Fsp3) is 0.562. The van der Waals surface area contributed by atoms with E-state index >= 15 is 0 Å². The Morgan fingerprint density at radius 2 is 2.26 bits per heavy atom. The summed E-state index contributed by atoms with van der Waals surface area (Å²) in [6.45, 7) is 5.92. The monoisotopic (exact) mass is 279 g/mol. The van der Waals surface area contributed by atoms with Crippen LogP contribution in [0.3, 0.4) is 0 Å². The quantitative estimate of drug-likeness (QED) is 0.844. The number of hydrogen-bond acceptors (Lipinski definition) is 2. The molecular formula is C16H22ClNO. The van der Waals surface area contributed by atoms with E-state index in [2.05, 4.69) is 12.2 Å². The van der Waals surface area contributed by atoms with Crippen molar-refractivity contribution in [2.75, 3.05) is 13.1 Å². The third-order valence-electron chi connectivity index (χ3n) is 4.12. The van der Waals surface area contributed by atoms with Crippen molar-refractivity contribution in [2.45, 2.75) is 39.5 Å². The van der Waals surface area contributed by atoms with Gasteiger partial charge in [-0.1, -0.05) is 37.1 Å². The molecule has 0 aromatic heterocycles. The van der Waals surface area contributed by atoms with Crippen LogP contribution in [0.25, 0.3) is 0 Å². The number of rotatable bonds is 4. The van der Waals surface area contributed by atoms with E-state index in [0.717, 1.165) is 49.9 Å². The van der Waals surface area contributed by atoms with Gasteiger partial charge in [0.05, 0.1) is 0 Å². The van der Waals surface area contributed by atoms with Gasteiger partial charge in [0.1, 0.15) is 0 Å². The number of carbonyl (C=O) groups excluding carboxylic acids is 1. The summed E-state index contributed by atoms with van der Waals surface area (Å²) in [4.78, 5) is 12.9. The predicted molar refractivity (Wildman–Crippen MR) is 80.0 cm³/mol. The Labute approximate surface area is 120 Å². The number of hydrogen-bond donors (Lipinski definition) is 1. The lowest BCUT2D eigenvalue weighted by Gasteiger charge is -2.36. The van der Waals surface area contributed by atoms with Crippen LogP contribution in [-0.4, -0.2) is 18.9 Å². The van der Waals surface area contributed by atoms with Gasteiger partial charge in [0, 0.05) is 22.5 Å².